The van der Waals surface area contributed by atoms with Crippen LogP contribution in [0.2, 0.25) is 0 Å². The van der Waals surface area contributed by atoms with Crippen LogP contribution in [0.25, 0.3) is 0 Å². The molecule has 0 radical (unpaired) electrons. The fourth-order valence-electron chi connectivity index (χ4n) is 1.69. The average molecular weight is 262 g/mol. The second-order valence-corrected chi connectivity index (χ2v) is 5.41. The van der Waals surface area contributed by atoms with Gasteiger partial charge >= 0.3 is 0 Å². The molecule has 0 amide bonds. The Labute approximate surface area is 112 Å². The molecule has 2 aromatic rings. The van der Waals surface area contributed by atoms with Crippen LogP contribution in [0.15, 0.2) is 29.6 Å². The first-order valence-corrected chi connectivity index (χ1v) is 6.84. The van der Waals surface area contributed by atoms with E-state index in [2.05, 4.69) is 24.2 Å². The number of nitrogens with two attached hydrogens (primary N) is 1. The molecule has 1 heterocycles. The minimum Gasteiger partial charge on any atom is -0.497 e. The zero-order valence-corrected chi connectivity index (χ0v) is 11.7. The van der Waals surface area contributed by atoms with Gasteiger partial charge in [0.1, 0.15) is 10.8 Å². The largest absolute Gasteiger partial charge is 0.497 e. The van der Waals surface area contributed by atoms with Gasteiger partial charge in [-0.25, -0.2) is 4.98 Å². The van der Waals surface area contributed by atoms with E-state index >= 15 is 0 Å². The first kappa shape index (κ1) is 13.1. The molecule has 0 spiro atoms. The molecule has 96 valence electrons. The maximum absolute atomic E-state index is 6.25. The van der Waals surface area contributed by atoms with Crippen LogP contribution in [0.3, 0.4) is 0 Å². The van der Waals surface area contributed by atoms with Crippen LogP contribution in [0, 0.1) is 0 Å². The van der Waals surface area contributed by atoms with Crippen LogP contribution < -0.4 is 10.5 Å². The summed E-state index contributed by atoms with van der Waals surface area (Å²) in [6.45, 7) is 4.27. The number of hydrogen-bond donors (Lipinski definition) is 1. The van der Waals surface area contributed by atoms with Crippen molar-refractivity contribution in [3.63, 3.8) is 0 Å². The number of rotatable bonds is 4. The molecular weight excluding hydrogens is 244 g/mol. The standard InChI is InChI=1S/C14H18N2OS/c1-9(2)12-8-18-14(16-12)13(15)10-5-4-6-11(7-10)17-3/h4-9,13H,15H2,1-3H3. The Morgan fingerprint density at radius 2 is 2.11 bits per heavy atom. The molecular formula is C14H18N2OS. The monoisotopic (exact) mass is 262 g/mol. The van der Waals surface area contributed by atoms with E-state index in [1.165, 1.54) is 0 Å². The summed E-state index contributed by atoms with van der Waals surface area (Å²) < 4.78 is 5.21. The van der Waals surface area contributed by atoms with Gasteiger partial charge in [0.15, 0.2) is 0 Å². The zero-order valence-electron chi connectivity index (χ0n) is 10.9. The molecule has 1 atom stereocenters. The minimum absolute atomic E-state index is 0.183. The highest BCUT2D eigenvalue weighted by atomic mass is 32.1. The molecule has 0 aliphatic rings. The number of hydrogen-bond acceptors (Lipinski definition) is 4. The topological polar surface area (TPSA) is 48.1 Å². The van der Waals surface area contributed by atoms with E-state index in [4.69, 9.17) is 10.5 Å². The number of methoxy groups -OCH3 is 1. The highest BCUT2D eigenvalue weighted by Crippen LogP contribution is 2.27. The van der Waals surface area contributed by atoms with E-state index in [9.17, 15) is 0 Å². The Kier molecular flexibility index (Phi) is 3.99. The Bertz CT molecular complexity index is 522. The van der Waals surface area contributed by atoms with E-state index in [0.717, 1.165) is 22.0 Å². The van der Waals surface area contributed by atoms with E-state index in [1.807, 2.05) is 24.3 Å². The van der Waals surface area contributed by atoms with Gasteiger partial charge in [0.05, 0.1) is 18.8 Å². The second-order valence-electron chi connectivity index (χ2n) is 4.52. The van der Waals surface area contributed by atoms with Gasteiger partial charge in [-0.15, -0.1) is 11.3 Å². The van der Waals surface area contributed by atoms with Gasteiger partial charge in [-0.05, 0) is 23.6 Å². The van der Waals surface area contributed by atoms with Crippen LogP contribution >= 0.6 is 11.3 Å². The summed E-state index contributed by atoms with van der Waals surface area (Å²) in [7, 11) is 1.66. The Morgan fingerprint density at radius 3 is 2.72 bits per heavy atom. The smallest absolute Gasteiger partial charge is 0.119 e. The predicted molar refractivity (Wildman–Crippen MR) is 75.2 cm³/mol. The summed E-state index contributed by atoms with van der Waals surface area (Å²) in [6.07, 6.45) is 0. The highest BCUT2D eigenvalue weighted by molar-refractivity contribution is 7.09. The molecule has 0 fully saturated rings. The molecule has 2 N–H and O–H groups in total. The van der Waals surface area contributed by atoms with Crippen molar-refractivity contribution < 1.29 is 4.74 Å². The van der Waals surface area contributed by atoms with Crippen LogP contribution in [0.5, 0.6) is 5.75 Å². The fraction of sp³-hybridized carbons (Fsp3) is 0.357. The van der Waals surface area contributed by atoms with Gasteiger partial charge in [0.25, 0.3) is 0 Å². The van der Waals surface area contributed by atoms with Crippen LogP contribution in [0.1, 0.15) is 42.1 Å². The lowest BCUT2D eigenvalue weighted by atomic mass is 10.1. The summed E-state index contributed by atoms with van der Waals surface area (Å²) in [5.41, 5.74) is 8.38. The number of nitrogens with zero attached hydrogens (tertiary/aromatic N) is 1. The Morgan fingerprint density at radius 1 is 1.33 bits per heavy atom. The third kappa shape index (κ3) is 2.71. The van der Waals surface area contributed by atoms with Crippen molar-refractivity contribution in [3.8, 4) is 5.75 Å². The molecule has 0 aliphatic carbocycles. The van der Waals surface area contributed by atoms with Gasteiger partial charge in [-0.3, -0.25) is 0 Å². The van der Waals surface area contributed by atoms with Crippen LogP contribution in [-0.4, -0.2) is 12.1 Å². The lowest BCUT2D eigenvalue weighted by Gasteiger charge is -2.10. The van der Waals surface area contributed by atoms with Crippen molar-refractivity contribution in [3.05, 3.63) is 45.9 Å². The zero-order chi connectivity index (χ0) is 13.1. The Hall–Kier alpha value is -1.39. The molecule has 2 rings (SSSR count). The molecule has 1 unspecified atom stereocenters. The van der Waals surface area contributed by atoms with Crippen LogP contribution in [-0.2, 0) is 0 Å². The summed E-state index contributed by atoms with van der Waals surface area (Å²) in [6, 6.07) is 7.64. The maximum atomic E-state index is 6.25. The fourth-order valence-corrected chi connectivity index (χ4v) is 2.69. The lowest BCUT2D eigenvalue weighted by Crippen LogP contribution is -2.11. The molecule has 0 bridgehead atoms. The maximum Gasteiger partial charge on any atom is 0.119 e. The van der Waals surface area contributed by atoms with Gasteiger partial charge in [-0.1, -0.05) is 26.0 Å². The van der Waals surface area contributed by atoms with Crippen molar-refractivity contribution in [2.24, 2.45) is 5.73 Å². The molecule has 0 saturated carbocycles. The van der Waals surface area contributed by atoms with Gasteiger partial charge < -0.3 is 10.5 Å². The molecule has 4 heteroatoms. The summed E-state index contributed by atoms with van der Waals surface area (Å²) >= 11 is 1.62. The summed E-state index contributed by atoms with van der Waals surface area (Å²) in [5.74, 6) is 1.26. The summed E-state index contributed by atoms with van der Waals surface area (Å²) in [4.78, 5) is 4.59. The number of thiazole rings is 1. The molecule has 1 aromatic heterocycles. The van der Waals surface area contributed by atoms with Gasteiger partial charge in [0.2, 0.25) is 0 Å². The number of ether oxygens (including phenoxy) is 1. The molecule has 0 aliphatic heterocycles. The first-order valence-electron chi connectivity index (χ1n) is 5.96. The van der Waals surface area contributed by atoms with E-state index in [0.29, 0.717) is 5.92 Å². The molecule has 18 heavy (non-hydrogen) atoms. The molecule has 0 saturated heterocycles. The quantitative estimate of drug-likeness (QED) is 0.919. The SMILES string of the molecule is COc1cccc(C(N)c2nc(C(C)C)cs2)c1. The van der Waals surface area contributed by atoms with Crippen molar-refractivity contribution >= 4 is 11.3 Å². The van der Waals surface area contributed by atoms with E-state index < -0.39 is 0 Å². The van der Waals surface area contributed by atoms with E-state index in [1.54, 1.807) is 18.4 Å². The number of aromatic nitrogens is 1. The normalized spacial score (nSPS) is 12.7. The molecule has 1 aromatic carbocycles. The van der Waals surface area contributed by atoms with Gasteiger partial charge in [0, 0.05) is 5.38 Å². The highest BCUT2D eigenvalue weighted by Gasteiger charge is 2.15. The van der Waals surface area contributed by atoms with Crippen molar-refractivity contribution in [1.29, 1.82) is 0 Å². The first-order chi connectivity index (χ1) is 8.61. The number of benzene rings is 1. The average Bonchev–Trinajstić information content (AvgIpc) is 2.87. The van der Waals surface area contributed by atoms with Crippen molar-refractivity contribution in [1.82, 2.24) is 4.98 Å². The minimum atomic E-state index is -0.183. The third-order valence-electron chi connectivity index (χ3n) is 2.85. The van der Waals surface area contributed by atoms with E-state index in [-0.39, 0.29) is 6.04 Å². The van der Waals surface area contributed by atoms with Crippen molar-refractivity contribution in [2.75, 3.05) is 7.11 Å². The lowest BCUT2D eigenvalue weighted by molar-refractivity contribution is 0.414. The second kappa shape index (κ2) is 5.50. The third-order valence-corrected chi connectivity index (χ3v) is 3.80. The predicted octanol–water partition coefficient (Wildman–Crippen LogP) is 3.32. The van der Waals surface area contributed by atoms with Crippen LogP contribution in [0.4, 0.5) is 0 Å². The Balaban J connectivity index is 2.26. The van der Waals surface area contributed by atoms with Crippen molar-refractivity contribution in [2.45, 2.75) is 25.8 Å². The molecule has 3 nitrogen and oxygen atoms in total. The summed E-state index contributed by atoms with van der Waals surface area (Å²) in [5, 5.41) is 3.03. The van der Waals surface area contributed by atoms with Gasteiger partial charge in [-0.2, -0.15) is 0 Å².